The molecule has 36 heavy (non-hydrogen) atoms. The first-order valence-corrected chi connectivity index (χ1v) is 11.2. The van der Waals surface area contributed by atoms with E-state index in [9.17, 15) is 29.7 Å². The highest BCUT2D eigenvalue weighted by Crippen LogP contribution is 2.49. The Morgan fingerprint density at radius 2 is 1.81 bits per heavy atom. The summed E-state index contributed by atoms with van der Waals surface area (Å²) < 4.78 is 8.49. The third-order valence-corrected chi connectivity index (χ3v) is 6.49. The van der Waals surface area contributed by atoms with E-state index in [0.29, 0.717) is 12.2 Å². The van der Waals surface area contributed by atoms with Crippen molar-refractivity contribution in [3.63, 3.8) is 0 Å². The molecule has 5 N–H and O–H groups in total. The Morgan fingerprint density at radius 3 is 2.39 bits per heavy atom. The van der Waals surface area contributed by atoms with E-state index in [1.807, 2.05) is 6.92 Å². The molecule has 1 unspecified atom stereocenters. The van der Waals surface area contributed by atoms with Crippen molar-refractivity contribution in [2.75, 3.05) is 5.73 Å². The highest BCUT2D eigenvalue weighted by molar-refractivity contribution is 6.00. The molecule has 4 heterocycles. The van der Waals surface area contributed by atoms with Crippen LogP contribution in [0, 0.1) is 0 Å². The summed E-state index contributed by atoms with van der Waals surface area (Å²) in [6, 6.07) is 0. The van der Waals surface area contributed by atoms with Crippen LogP contribution in [0.1, 0.15) is 46.2 Å². The molecule has 0 amide bonds. The number of nitrogens with two attached hydrogens (primary N) is 1. The number of anilines is 1. The van der Waals surface area contributed by atoms with E-state index in [0.717, 1.165) is 31.8 Å². The molecule has 14 nitrogen and oxygen atoms in total. The molecule has 0 aromatic carbocycles. The molecule has 0 saturated carbocycles. The summed E-state index contributed by atoms with van der Waals surface area (Å²) in [6.07, 6.45) is 0.0482. The first-order valence-electron chi connectivity index (χ1n) is 11.2. The topological polar surface area (TPSA) is 209 Å². The molecule has 1 saturated heterocycles. The molecule has 192 valence electrons. The number of nitrogen functional groups attached to an aromatic ring is 1. The van der Waals surface area contributed by atoms with Gasteiger partial charge in [0.25, 0.3) is 0 Å². The van der Waals surface area contributed by atoms with Crippen LogP contribution >= 0.6 is 0 Å². The minimum absolute atomic E-state index is 0.00203. The van der Waals surface area contributed by atoms with Gasteiger partial charge in [-0.2, -0.15) is 9.97 Å². The number of nitrogens with zero attached hydrogens (tertiary/aromatic N) is 6. The highest BCUT2D eigenvalue weighted by atomic mass is 16.6. The van der Waals surface area contributed by atoms with Gasteiger partial charge in [0.15, 0.2) is 46.2 Å². The molecular formula is C22H27N7O7. The van der Waals surface area contributed by atoms with Gasteiger partial charge in [-0.15, -0.1) is 0 Å². The van der Waals surface area contributed by atoms with Gasteiger partial charge in [-0.25, -0.2) is 9.97 Å². The number of ketones is 3. The molecule has 1 aliphatic rings. The van der Waals surface area contributed by atoms with Crippen molar-refractivity contribution in [2.24, 2.45) is 0 Å². The highest BCUT2D eigenvalue weighted by Gasteiger charge is 2.73. The third-order valence-electron chi connectivity index (χ3n) is 6.49. The van der Waals surface area contributed by atoms with E-state index >= 15 is 0 Å². The summed E-state index contributed by atoms with van der Waals surface area (Å²) in [5.74, 6) is -2.22. The zero-order chi connectivity index (χ0) is 26.6. The van der Waals surface area contributed by atoms with E-state index in [1.54, 1.807) is 17.0 Å². The Labute approximate surface area is 204 Å². The molecule has 5 atom stereocenters. The van der Waals surface area contributed by atoms with Crippen molar-refractivity contribution < 1.29 is 34.4 Å². The van der Waals surface area contributed by atoms with Crippen LogP contribution in [0.15, 0.2) is 18.7 Å². The molecule has 14 heteroatoms. The number of Topliss-reactive ketones (excluding diaryl/α,β-unsaturated/α-hetero) is 3. The maximum Gasteiger partial charge on any atom is 0.224 e. The van der Waals surface area contributed by atoms with Crippen LogP contribution in [0.5, 0.6) is 0 Å². The number of carbonyl (C=O) groups is 3. The number of aliphatic hydroxyl groups is 3. The van der Waals surface area contributed by atoms with Crippen LogP contribution in [-0.4, -0.2) is 85.1 Å². The number of imidazole rings is 2. The number of hydrogen-bond donors (Lipinski definition) is 4. The first kappa shape index (κ1) is 25.5. The smallest absolute Gasteiger partial charge is 0.224 e. The predicted molar refractivity (Wildman–Crippen MR) is 123 cm³/mol. The average molecular weight is 502 g/mol. The quantitative estimate of drug-likeness (QED) is 0.294. The lowest BCUT2D eigenvalue weighted by Crippen LogP contribution is -2.67. The second kappa shape index (κ2) is 8.81. The summed E-state index contributed by atoms with van der Waals surface area (Å²) >= 11 is 0. The molecule has 0 radical (unpaired) electrons. The van der Waals surface area contributed by atoms with Gasteiger partial charge in [0, 0.05) is 18.8 Å². The van der Waals surface area contributed by atoms with Crippen molar-refractivity contribution in [2.45, 2.75) is 70.2 Å². The van der Waals surface area contributed by atoms with Crippen LogP contribution < -0.4 is 5.73 Å². The summed E-state index contributed by atoms with van der Waals surface area (Å²) in [7, 11) is 0. The SMILES string of the molecule is CCCc1nccn1-c1nc(N)nc2c1ncn2[C@@H]1O[C@H](C(O)C(C)=O)[C@](O)(C(C)=O)[C@]1(O)C(C)=O. The van der Waals surface area contributed by atoms with Gasteiger partial charge in [0.1, 0.15) is 18.0 Å². The molecule has 3 aromatic heterocycles. The van der Waals surface area contributed by atoms with E-state index in [1.165, 1.54) is 6.33 Å². The number of rotatable bonds is 8. The number of ether oxygens (including phenoxy) is 1. The number of aromatic nitrogens is 6. The molecule has 0 aliphatic carbocycles. The Balaban J connectivity index is 1.96. The predicted octanol–water partition coefficient (Wildman–Crippen LogP) is -0.966. The standard InChI is InChI=1S/C22H27N7O7/c1-5-6-13-24-7-8-28(13)17-14-18(27-20(23)26-17)29(9-25-14)19-22(35,12(4)32)21(34,11(3)31)16(36-19)15(33)10(2)30/h7-9,15-16,19,33-35H,5-6H2,1-4H3,(H2,23,26,27)/t15?,16-,19-,21-,22+/m1/s1. The van der Waals surface area contributed by atoms with E-state index < -0.39 is 47.0 Å². The second-order valence-electron chi connectivity index (χ2n) is 8.80. The normalized spacial score (nSPS) is 26.9. The third kappa shape index (κ3) is 3.44. The second-order valence-corrected chi connectivity index (χ2v) is 8.80. The molecule has 1 aliphatic heterocycles. The van der Waals surface area contributed by atoms with E-state index in [4.69, 9.17) is 10.5 Å². The van der Waals surface area contributed by atoms with Gasteiger partial charge in [0.05, 0.1) is 6.33 Å². The molecule has 0 spiro atoms. The summed E-state index contributed by atoms with van der Waals surface area (Å²) in [4.78, 5) is 54.5. The lowest BCUT2D eigenvalue weighted by Gasteiger charge is -2.37. The minimum Gasteiger partial charge on any atom is -0.382 e. The van der Waals surface area contributed by atoms with Crippen molar-refractivity contribution in [3.05, 3.63) is 24.5 Å². The minimum atomic E-state index is -2.97. The molecule has 0 bridgehead atoms. The van der Waals surface area contributed by atoms with Gasteiger partial charge in [-0.3, -0.25) is 23.5 Å². The Hall–Kier alpha value is -3.59. The maximum absolute atomic E-state index is 12.8. The van der Waals surface area contributed by atoms with Gasteiger partial charge in [-0.05, 0) is 27.2 Å². The van der Waals surface area contributed by atoms with Crippen molar-refractivity contribution in [3.8, 4) is 5.82 Å². The molecule has 1 fully saturated rings. The largest absolute Gasteiger partial charge is 0.382 e. The van der Waals surface area contributed by atoms with Crippen LogP contribution in [0.4, 0.5) is 5.95 Å². The molecule has 3 aromatic rings. The lowest BCUT2D eigenvalue weighted by molar-refractivity contribution is -0.184. The fourth-order valence-electron chi connectivity index (χ4n) is 4.63. The molecular weight excluding hydrogens is 474 g/mol. The van der Waals surface area contributed by atoms with Crippen molar-refractivity contribution in [1.82, 2.24) is 29.1 Å². The summed E-state index contributed by atoms with van der Waals surface area (Å²) in [6.45, 7) is 4.86. The van der Waals surface area contributed by atoms with Crippen LogP contribution in [0.3, 0.4) is 0 Å². The van der Waals surface area contributed by atoms with Gasteiger partial charge >= 0.3 is 0 Å². The average Bonchev–Trinajstić information content (AvgIpc) is 3.50. The van der Waals surface area contributed by atoms with Gasteiger partial charge in [0.2, 0.25) is 11.5 Å². The monoisotopic (exact) mass is 501 g/mol. The van der Waals surface area contributed by atoms with Crippen LogP contribution in [0.25, 0.3) is 17.0 Å². The zero-order valence-corrected chi connectivity index (χ0v) is 20.1. The van der Waals surface area contributed by atoms with Gasteiger partial charge < -0.3 is 25.8 Å². The number of fused-ring (bicyclic) bond motifs is 1. The lowest BCUT2D eigenvalue weighted by atomic mass is 9.73. The van der Waals surface area contributed by atoms with Crippen molar-refractivity contribution in [1.29, 1.82) is 0 Å². The van der Waals surface area contributed by atoms with Crippen LogP contribution in [0.2, 0.25) is 0 Å². The number of aryl methyl sites for hydroxylation is 1. The fraction of sp³-hybridized carbons (Fsp3) is 0.500. The number of carbonyl (C=O) groups excluding carboxylic acids is 3. The number of aliphatic hydroxyl groups excluding tert-OH is 1. The van der Waals surface area contributed by atoms with E-state index in [2.05, 4.69) is 19.9 Å². The van der Waals surface area contributed by atoms with Crippen molar-refractivity contribution >= 4 is 34.5 Å². The summed E-state index contributed by atoms with van der Waals surface area (Å²) in [5, 5.41) is 33.4. The maximum atomic E-state index is 12.8. The Morgan fingerprint density at radius 1 is 1.14 bits per heavy atom. The fourth-order valence-corrected chi connectivity index (χ4v) is 4.63. The summed E-state index contributed by atoms with van der Waals surface area (Å²) in [5.41, 5.74) is 0.275. The molecule has 4 rings (SSSR count). The van der Waals surface area contributed by atoms with Crippen LogP contribution in [-0.2, 0) is 25.5 Å². The van der Waals surface area contributed by atoms with Gasteiger partial charge in [-0.1, -0.05) is 6.92 Å². The van der Waals surface area contributed by atoms with E-state index in [-0.39, 0.29) is 22.9 Å². The first-order chi connectivity index (χ1) is 16.9. The zero-order valence-electron chi connectivity index (χ0n) is 20.1. The number of hydrogen-bond acceptors (Lipinski definition) is 12. The Bertz CT molecular complexity index is 1370. The Kier molecular flexibility index (Phi) is 6.24.